The number of hydrogen-bond acceptors (Lipinski definition) is 2. The molecular formula is C15H14Cl2FNO2. The summed E-state index contributed by atoms with van der Waals surface area (Å²) in [6.45, 7) is 1.86. The van der Waals surface area contributed by atoms with Crippen molar-refractivity contribution >= 4 is 29.1 Å². The van der Waals surface area contributed by atoms with E-state index >= 15 is 0 Å². The molecule has 1 atom stereocenters. The van der Waals surface area contributed by atoms with Crippen LogP contribution in [0.5, 0.6) is 0 Å². The fourth-order valence-corrected chi connectivity index (χ4v) is 2.35. The lowest BCUT2D eigenvalue weighted by atomic mass is 10.1. The van der Waals surface area contributed by atoms with Gasteiger partial charge in [-0.1, -0.05) is 23.2 Å². The summed E-state index contributed by atoms with van der Waals surface area (Å²) < 4.78 is 18.6. The molecule has 112 valence electrons. The largest absolute Gasteiger partial charge is 0.469 e. The number of carbonyl (C=O) groups is 1. The molecule has 0 aliphatic heterocycles. The number of benzene rings is 1. The van der Waals surface area contributed by atoms with Gasteiger partial charge in [0, 0.05) is 12.5 Å². The van der Waals surface area contributed by atoms with E-state index in [4.69, 9.17) is 27.6 Å². The van der Waals surface area contributed by atoms with Crippen molar-refractivity contribution in [3.63, 3.8) is 0 Å². The predicted molar refractivity (Wildman–Crippen MR) is 80.4 cm³/mol. The summed E-state index contributed by atoms with van der Waals surface area (Å²) in [4.78, 5) is 12.1. The monoisotopic (exact) mass is 329 g/mol. The zero-order valence-electron chi connectivity index (χ0n) is 11.3. The summed E-state index contributed by atoms with van der Waals surface area (Å²) >= 11 is 11.5. The quantitative estimate of drug-likeness (QED) is 0.822. The van der Waals surface area contributed by atoms with Gasteiger partial charge in [0.2, 0.25) is 0 Å². The number of furan rings is 1. The molecule has 0 fully saturated rings. The maximum Gasteiger partial charge on any atom is 0.253 e. The van der Waals surface area contributed by atoms with Crippen molar-refractivity contribution in [1.82, 2.24) is 5.32 Å². The molecule has 0 aliphatic carbocycles. The molecule has 0 bridgehead atoms. The van der Waals surface area contributed by atoms with Gasteiger partial charge in [0.05, 0.1) is 21.9 Å². The van der Waals surface area contributed by atoms with E-state index < -0.39 is 11.7 Å². The van der Waals surface area contributed by atoms with E-state index in [9.17, 15) is 9.18 Å². The van der Waals surface area contributed by atoms with Crippen LogP contribution in [-0.2, 0) is 6.42 Å². The van der Waals surface area contributed by atoms with Gasteiger partial charge in [0.15, 0.2) is 0 Å². The smallest absolute Gasteiger partial charge is 0.253 e. The number of carbonyl (C=O) groups excluding carboxylic acids is 1. The van der Waals surface area contributed by atoms with Crippen molar-refractivity contribution in [2.24, 2.45) is 0 Å². The predicted octanol–water partition coefficient (Wildman–Crippen LogP) is 4.48. The number of nitrogens with one attached hydrogen (secondary N) is 1. The second-order valence-electron chi connectivity index (χ2n) is 4.74. The lowest BCUT2D eigenvalue weighted by molar-refractivity contribution is 0.0938. The Morgan fingerprint density at radius 2 is 2.14 bits per heavy atom. The Hall–Kier alpha value is -1.52. The molecular weight excluding hydrogens is 316 g/mol. The van der Waals surface area contributed by atoms with E-state index in [1.807, 2.05) is 19.1 Å². The normalized spacial score (nSPS) is 12.2. The standard InChI is InChI=1S/C15H14Cl2FNO2/c1-9(4-5-10-3-2-6-21-10)19-15(20)11-7-14(18)13(17)8-12(11)16/h2-3,6-9H,4-5H2,1H3,(H,19,20). The van der Waals surface area contributed by atoms with Crippen LogP contribution in [0.25, 0.3) is 0 Å². The number of rotatable bonds is 5. The number of hydrogen-bond donors (Lipinski definition) is 1. The minimum Gasteiger partial charge on any atom is -0.469 e. The lowest BCUT2D eigenvalue weighted by Crippen LogP contribution is -2.33. The van der Waals surface area contributed by atoms with Crippen LogP contribution in [0.15, 0.2) is 34.9 Å². The SMILES string of the molecule is CC(CCc1ccco1)NC(=O)c1cc(F)c(Cl)cc1Cl. The van der Waals surface area contributed by atoms with E-state index in [1.54, 1.807) is 6.26 Å². The Labute approximate surface area is 132 Å². The highest BCUT2D eigenvalue weighted by Crippen LogP contribution is 2.24. The molecule has 21 heavy (non-hydrogen) atoms. The van der Waals surface area contributed by atoms with Gasteiger partial charge in [0.1, 0.15) is 11.6 Å². The zero-order valence-corrected chi connectivity index (χ0v) is 12.8. The highest BCUT2D eigenvalue weighted by Gasteiger charge is 2.16. The molecule has 1 N–H and O–H groups in total. The number of amides is 1. The van der Waals surface area contributed by atoms with Gasteiger partial charge in [-0.2, -0.15) is 0 Å². The molecule has 2 aromatic rings. The van der Waals surface area contributed by atoms with Crippen molar-refractivity contribution in [2.45, 2.75) is 25.8 Å². The van der Waals surface area contributed by atoms with Gasteiger partial charge in [-0.05, 0) is 37.6 Å². The second-order valence-corrected chi connectivity index (χ2v) is 5.55. The van der Waals surface area contributed by atoms with Crippen LogP contribution < -0.4 is 5.32 Å². The van der Waals surface area contributed by atoms with Crippen LogP contribution in [0.4, 0.5) is 4.39 Å². The molecule has 2 rings (SSSR count). The van der Waals surface area contributed by atoms with E-state index in [0.29, 0.717) is 12.8 Å². The Morgan fingerprint density at radius 1 is 1.38 bits per heavy atom. The minimum atomic E-state index is -0.672. The Bertz CT molecular complexity index is 629. The molecule has 1 heterocycles. The van der Waals surface area contributed by atoms with Crippen molar-refractivity contribution in [3.8, 4) is 0 Å². The minimum absolute atomic E-state index is 0.0726. The van der Waals surface area contributed by atoms with E-state index in [-0.39, 0.29) is 21.7 Å². The third kappa shape index (κ3) is 4.22. The number of aryl methyl sites for hydroxylation is 1. The summed E-state index contributed by atoms with van der Waals surface area (Å²) in [5, 5.41) is 2.78. The van der Waals surface area contributed by atoms with Crippen LogP contribution in [0.3, 0.4) is 0 Å². The molecule has 0 spiro atoms. The van der Waals surface area contributed by atoms with Crippen LogP contribution in [0.2, 0.25) is 10.0 Å². The first-order valence-corrected chi connectivity index (χ1v) is 7.20. The van der Waals surface area contributed by atoms with Gasteiger partial charge in [-0.25, -0.2) is 4.39 Å². The summed E-state index contributed by atoms with van der Waals surface area (Å²) in [5.41, 5.74) is 0.0726. The van der Waals surface area contributed by atoms with Gasteiger partial charge in [0.25, 0.3) is 5.91 Å². The van der Waals surface area contributed by atoms with Crippen LogP contribution in [0.1, 0.15) is 29.5 Å². The van der Waals surface area contributed by atoms with Gasteiger partial charge in [-0.15, -0.1) is 0 Å². The van der Waals surface area contributed by atoms with Gasteiger partial charge >= 0.3 is 0 Å². The molecule has 6 heteroatoms. The maximum atomic E-state index is 13.4. The Balaban J connectivity index is 1.96. The van der Waals surface area contributed by atoms with Crippen LogP contribution in [-0.4, -0.2) is 11.9 Å². The van der Waals surface area contributed by atoms with E-state index in [2.05, 4.69) is 5.32 Å². The Morgan fingerprint density at radius 3 is 2.81 bits per heavy atom. The molecule has 1 aromatic carbocycles. The summed E-state index contributed by atoms with van der Waals surface area (Å²) in [7, 11) is 0. The molecule has 0 radical (unpaired) electrons. The molecule has 0 aliphatic rings. The fourth-order valence-electron chi connectivity index (χ4n) is 1.88. The molecule has 1 amide bonds. The molecule has 1 unspecified atom stereocenters. The average Bonchev–Trinajstić information content (AvgIpc) is 2.93. The van der Waals surface area contributed by atoms with E-state index in [0.717, 1.165) is 11.8 Å². The second kappa shape index (κ2) is 6.96. The lowest BCUT2D eigenvalue weighted by Gasteiger charge is -2.14. The molecule has 0 saturated heterocycles. The zero-order chi connectivity index (χ0) is 15.4. The maximum absolute atomic E-state index is 13.4. The van der Waals surface area contributed by atoms with Crippen LogP contribution >= 0.6 is 23.2 Å². The molecule has 1 aromatic heterocycles. The first-order chi connectivity index (χ1) is 9.97. The average molecular weight is 330 g/mol. The van der Waals surface area contributed by atoms with Gasteiger partial charge in [-0.3, -0.25) is 4.79 Å². The van der Waals surface area contributed by atoms with Crippen molar-refractivity contribution < 1.29 is 13.6 Å². The van der Waals surface area contributed by atoms with Crippen molar-refractivity contribution in [3.05, 3.63) is 57.7 Å². The highest BCUT2D eigenvalue weighted by atomic mass is 35.5. The third-order valence-corrected chi connectivity index (χ3v) is 3.64. The molecule has 3 nitrogen and oxygen atoms in total. The summed E-state index contributed by atoms with van der Waals surface area (Å²) in [6.07, 6.45) is 3.01. The topological polar surface area (TPSA) is 42.2 Å². The fraction of sp³-hybridized carbons (Fsp3) is 0.267. The third-order valence-electron chi connectivity index (χ3n) is 3.04. The van der Waals surface area contributed by atoms with Crippen molar-refractivity contribution in [2.75, 3.05) is 0 Å². The highest BCUT2D eigenvalue weighted by molar-refractivity contribution is 6.36. The molecule has 0 saturated carbocycles. The van der Waals surface area contributed by atoms with Crippen molar-refractivity contribution in [1.29, 1.82) is 0 Å². The van der Waals surface area contributed by atoms with Crippen LogP contribution in [0, 0.1) is 5.82 Å². The first-order valence-electron chi connectivity index (χ1n) is 6.45. The van der Waals surface area contributed by atoms with E-state index in [1.165, 1.54) is 6.07 Å². The summed E-state index contributed by atoms with van der Waals surface area (Å²) in [5.74, 6) is -0.247. The number of halogens is 3. The van der Waals surface area contributed by atoms with Gasteiger partial charge < -0.3 is 9.73 Å². The Kier molecular flexibility index (Phi) is 5.26. The first kappa shape index (κ1) is 15.9. The summed E-state index contributed by atoms with van der Waals surface area (Å²) in [6, 6.07) is 5.85.